The maximum Gasteiger partial charge on any atom is 0.296 e. The minimum atomic E-state index is -0.990. The van der Waals surface area contributed by atoms with Gasteiger partial charge in [0.05, 0.1) is 41.4 Å². The summed E-state index contributed by atoms with van der Waals surface area (Å²) < 4.78 is 11.5. The third-order valence-corrected chi connectivity index (χ3v) is 9.74. The standard InChI is InChI=1S/C27H23ClN4O5S3/c1-13-24(39-14(2)29-13)22(33)20-21(15-9-10-18(36-3)19(11-15)37-4)32(25(35)23(20)34)26-30-31-27(40-26)38-12-16-7-5-6-8-17(16)28/h5-11,21,34H,12H2,1-4H3. The predicted molar refractivity (Wildman–Crippen MR) is 156 cm³/mol. The highest BCUT2D eigenvalue weighted by molar-refractivity contribution is 8.00. The molecule has 0 radical (unpaired) electrons. The number of carbonyl (C=O) groups excluding carboxylic acids is 2. The first-order chi connectivity index (χ1) is 19.2. The second kappa shape index (κ2) is 11.6. The van der Waals surface area contributed by atoms with Crippen LogP contribution in [0.1, 0.15) is 37.5 Å². The van der Waals surface area contributed by atoms with Crippen LogP contribution in [0.15, 0.2) is 58.1 Å². The number of rotatable bonds is 9. The van der Waals surface area contributed by atoms with E-state index in [1.165, 1.54) is 53.6 Å². The summed E-state index contributed by atoms with van der Waals surface area (Å²) in [6, 6.07) is 11.6. The molecule has 1 amide bonds. The Morgan fingerprint density at radius 2 is 1.85 bits per heavy atom. The number of anilines is 1. The number of thiazole rings is 1. The highest BCUT2D eigenvalue weighted by Gasteiger charge is 2.47. The summed E-state index contributed by atoms with van der Waals surface area (Å²) in [5.41, 5.74) is 1.93. The molecule has 0 saturated heterocycles. The Kier molecular flexibility index (Phi) is 8.13. The second-order valence-electron chi connectivity index (χ2n) is 8.66. The molecule has 13 heteroatoms. The number of aryl methyl sites for hydroxylation is 2. The van der Waals surface area contributed by atoms with Crippen LogP contribution >= 0.6 is 46.0 Å². The second-order valence-corrected chi connectivity index (χ2v) is 12.5. The lowest BCUT2D eigenvalue weighted by molar-refractivity contribution is -0.117. The Bertz CT molecular complexity index is 1650. The molecule has 1 unspecified atom stereocenters. The number of hydrogen-bond donors (Lipinski definition) is 1. The normalized spacial score (nSPS) is 15.2. The Labute approximate surface area is 247 Å². The van der Waals surface area contributed by atoms with Gasteiger partial charge in [0, 0.05) is 10.8 Å². The van der Waals surface area contributed by atoms with E-state index in [1.54, 1.807) is 32.0 Å². The molecule has 3 heterocycles. The third-order valence-electron chi connectivity index (χ3n) is 6.20. The maximum atomic E-state index is 13.8. The van der Waals surface area contributed by atoms with Crippen LogP contribution in [0.4, 0.5) is 5.13 Å². The van der Waals surface area contributed by atoms with E-state index in [2.05, 4.69) is 15.2 Å². The largest absolute Gasteiger partial charge is 0.503 e. The maximum absolute atomic E-state index is 13.8. The van der Waals surface area contributed by atoms with Crippen LogP contribution in [0.2, 0.25) is 5.02 Å². The first-order valence-corrected chi connectivity index (χ1v) is 14.9. The van der Waals surface area contributed by atoms with E-state index < -0.39 is 23.5 Å². The average molecular weight is 615 g/mol. The molecule has 5 rings (SSSR count). The van der Waals surface area contributed by atoms with Crippen molar-refractivity contribution in [2.24, 2.45) is 0 Å². The summed E-state index contributed by atoms with van der Waals surface area (Å²) in [4.78, 5) is 33.4. The molecule has 0 saturated carbocycles. The smallest absolute Gasteiger partial charge is 0.296 e. The fraction of sp³-hybridized carbons (Fsp3) is 0.222. The van der Waals surface area contributed by atoms with Crippen LogP contribution in [0.3, 0.4) is 0 Å². The number of nitrogens with zero attached hydrogens (tertiary/aromatic N) is 4. The molecule has 1 N–H and O–H groups in total. The van der Waals surface area contributed by atoms with Gasteiger partial charge in [-0.15, -0.1) is 21.5 Å². The van der Waals surface area contributed by atoms with Crippen LogP contribution < -0.4 is 14.4 Å². The number of aliphatic hydroxyl groups excluding tert-OH is 1. The number of thioether (sulfide) groups is 1. The molecule has 0 bridgehead atoms. The van der Waals surface area contributed by atoms with Crippen molar-refractivity contribution in [3.63, 3.8) is 0 Å². The molecule has 2 aromatic carbocycles. The Balaban J connectivity index is 1.55. The number of benzene rings is 2. The van der Waals surface area contributed by atoms with Gasteiger partial charge in [-0.1, -0.05) is 59.0 Å². The summed E-state index contributed by atoms with van der Waals surface area (Å²) in [6.07, 6.45) is 0. The van der Waals surface area contributed by atoms with E-state index in [4.69, 9.17) is 21.1 Å². The van der Waals surface area contributed by atoms with Gasteiger partial charge in [0.2, 0.25) is 10.9 Å². The SMILES string of the molecule is COc1ccc(C2C(C(=O)c3sc(C)nc3C)=C(O)C(=O)N2c2nnc(SCc3ccccc3Cl)s2)cc1OC. The van der Waals surface area contributed by atoms with Crippen molar-refractivity contribution in [2.75, 3.05) is 19.1 Å². The molecule has 40 heavy (non-hydrogen) atoms. The molecule has 2 aromatic heterocycles. The van der Waals surface area contributed by atoms with Crippen molar-refractivity contribution >= 4 is 62.9 Å². The Morgan fingerprint density at radius 3 is 2.52 bits per heavy atom. The van der Waals surface area contributed by atoms with Crippen molar-refractivity contribution in [3.05, 3.63) is 85.5 Å². The van der Waals surface area contributed by atoms with E-state index in [0.717, 1.165) is 5.56 Å². The lowest BCUT2D eigenvalue weighted by Gasteiger charge is -2.24. The molecule has 9 nitrogen and oxygen atoms in total. The number of hydrogen-bond acceptors (Lipinski definition) is 11. The van der Waals surface area contributed by atoms with Crippen LogP contribution in [0, 0.1) is 13.8 Å². The molecule has 1 atom stereocenters. The van der Waals surface area contributed by atoms with Gasteiger partial charge < -0.3 is 14.6 Å². The van der Waals surface area contributed by atoms with Gasteiger partial charge in [-0.05, 0) is 43.2 Å². The van der Waals surface area contributed by atoms with E-state index in [-0.39, 0.29) is 10.7 Å². The number of ether oxygens (including phenoxy) is 2. The quantitative estimate of drug-likeness (QED) is 0.131. The molecule has 4 aromatic rings. The number of carbonyl (C=O) groups is 2. The summed E-state index contributed by atoms with van der Waals surface area (Å²) >= 11 is 10.1. The summed E-state index contributed by atoms with van der Waals surface area (Å²) in [7, 11) is 3.01. The predicted octanol–water partition coefficient (Wildman–Crippen LogP) is 6.36. The van der Waals surface area contributed by atoms with Crippen molar-refractivity contribution in [1.82, 2.24) is 15.2 Å². The summed E-state index contributed by atoms with van der Waals surface area (Å²) in [5.74, 6) is -0.431. The van der Waals surface area contributed by atoms with Gasteiger partial charge in [-0.2, -0.15) is 0 Å². The van der Waals surface area contributed by atoms with Crippen molar-refractivity contribution in [2.45, 2.75) is 30.0 Å². The van der Waals surface area contributed by atoms with Gasteiger partial charge in [-0.3, -0.25) is 14.5 Å². The summed E-state index contributed by atoms with van der Waals surface area (Å²) in [6.45, 7) is 3.52. The topological polar surface area (TPSA) is 115 Å². The number of ketones is 1. The fourth-order valence-electron chi connectivity index (χ4n) is 4.35. The molecule has 206 valence electrons. The molecule has 1 aliphatic rings. The van der Waals surface area contributed by atoms with Crippen LogP contribution in [0.5, 0.6) is 11.5 Å². The number of methoxy groups -OCH3 is 2. The third kappa shape index (κ3) is 5.19. The first-order valence-electron chi connectivity index (χ1n) is 11.9. The Morgan fingerprint density at radius 1 is 1.10 bits per heavy atom. The lowest BCUT2D eigenvalue weighted by Crippen LogP contribution is -2.31. The van der Waals surface area contributed by atoms with Crippen molar-refractivity contribution in [3.8, 4) is 11.5 Å². The van der Waals surface area contributed by atoms with Gasteiger partial charge in [0.25, 0.3) is 5.91 Å². The number of Topliss-reactive ketones (excluding diaryl/α,β-unsaturated/α-hetero) is 1. The first kappa shape index (κ1) is 28.1. The van der Waals surface area contributed by atoms with Gasteiger partial charge in [0.1, 0.15) is 0 Å². The monoisotopic (exact) mass is 614 g/mol. The van der Waals surface area contributed by atoms with Gasteiger partial charge in [0.15, 0.2) is 21.6 Å². The van der Waals surface area contributed by atoms with Crippen LogP contribution in [-0.2, 0) is 10.5 Å². The molecule has 1 aliphatic heterocycles. The number of aromatic nitrogens is 3. The van der Waals surface area contributed by atoms with Crippen LogP contribution in [-0.4, -0.2) is 46.2 Å². The van der Waals surface area contributed by atoms with E-state index >= 15 is 0 Å². The van der Waals surface area contributed by atoms with Crippen LogP contribution in [0.25, 0.3) is 0 Å². The van der Waals surface area contributed by atoms with E-state index in [1.807, 2.05) is 24.3 Å². The van der Waals surface area contributed by atoms with Crippen molar-refractivity contribution < 1.29 is 24.2 Å². The minimum absolute atomic E-state index is 0.0653. The molecular formula is C27H23ClN4O5S3. The highest BCUT2D eigenvalue weighted by atomic mass is 35.5. The molecule has 0 aliphatic carbocycles. The van der Waals surface area contributed by atoms with Crippen molar-refractivity contribution in [1.29, 1.82) is 0 Å². The fourth-order valence-corrected chi connectivity index (χ4v) is 7.38. The average Bonchev–Trinajstić information content (AvgIpc) is 3.63. The van der Waals surface area contributed by atoms with Gasteiger partial charge in [-0.25, -0.2) is 4.98 Å². The molecule has 0 fully saturated rings. The van der Waals surface area contributed by atoms with Gasteiger partial charge >= 0.3 is 0 Å². The highest BCUT2D eigenvalue weighted by Crippen LogP contribution is 2.46. The van der Waals surface area contributed by atoms with E-state index in [0.29, 0.717) is 47.8 Å². The number of halogens is 1. The van der Waals surface area contributed by atoms with E-state index in [9.17, 15) is 14.7 Å². The summed E-state index contributed by atoms with van der Waals surface area (Å²) in [5, 5.41) is 21.2. The molecule has 0 spiro atoms. The zero-order chi connectivity index (χ0) is 28.6. The molecular weight excluding hydrogens is 592 g/mol. The zero-order valence-electron chi connectivity index (χ0n) is 21.8. The minimum Gasteiger partial charge on any atom is -0.503 e. The Hall–Kier alpha value is -3.45. The number of amides is 1. The lowest BCUT2D eigenvalue weighted by atomic mass is 9.95. The zero-order valence-corrected chi connectivity index (χ0v) is 25.0. The number of aliphatic hydroxyl groups is 1.